The predicted molar refractivity (Wildman–Crippen MR) is 399 cm³/mol. The first-order valence-electron chi connectivity index (χ1n) is 36.7. The molecule has 0 aliphatic heterocycles. The molecule has 0 saturated heterocycles. The molecule has 0 aliphatic carbocycles. The minimum Gasteiger partial charge on any atom is -0.462 e. The third-order valence-electron chi connectivity index (χ3n) is 14.5. The van der Waals surface area contributed by atoms with Crippen molar-refractivity contribution in [2.75, 3.05) is 39.6 Å². The van der Waals surface area contributed by atoms with E-state index in [0.717, 1.165) is 161 Å². The molecule has 19 heteroatoms. The van der Waals surface area contributed by atoms with E-state index >= 15 is 0 Å². The molecule has 0 saturated carbocycles. The van der Waals surface area contributed by atoms with Crippen molar-refractivity contribution in [2.24, 2.45) is 0 Å². The van der Waals surface area contributed by atoms with Gasteiger partial charge in [0.15, 0.2) is 12.2 Å². The molecule has 0 aromatic rings. The van der Waals surface area contributed by atoms with Crippen LogP contribution in [-0.4, -0.2) is 96.7 Å². The molecule has 5 unspecified atom stereocenters. The first-order valence-corrected chi connectivity index (χ1v) is 39.7. The molecular formula is C79H128O17P2. The summed E-state index contributed by atoms with van der Waals surface area (Å²) in [5.74, 6) is -2.41. The number of esters is 4. The number of ether oxygens (including phenoxy) is 4. The Labute approximate surface area is 591 Å². The molecule has 0 rings (SSSR count). The van der Waals surface area contributed by atoms with E-state index < -0.39 is 97.5 Å². The molecule has 3 N–H and O–H groups in total. The third-order valence-corrected chi connectivity index (χ3v) is 16.4. The summed E-state index contributed by atoms with van der Waals surface area (Å²) in [6, 6.07) is 0. The number of carbonyl (C=O) groups excluding carboxylic acids is 4. The lowest BCUT2D eigenvalue weighted by Crippen LogP contribution is -2.30. The number of aliphatic hydroxyl groups excluding tert-OH is 1. The van der Waals surface area contributed by atoms with Gasteiger partial charge in [-0.05, 0) is 141 Å². The number of hydrogen-bond acceptors (Lipinski definition) is 15. The van der Waals surface area contributed by atoms with Gasteiger partial charge in [0.2, 0.25) is 0 Å². The Morgan fingerprint density at radius 3 is 0.939 bits per heavy atom. The fraction of sp³-hybridized carbons (Fsp3) is 0.620. The van der Waals surface area contributed by atoms with Crippen LogP contribution in [0.5, 0.6) is 0 Å². The number of hydrogen-bond donors (Lipinski definition) is 3. The summed E-state index contributed by atoms with van der Waals surface area (Å²) in [6.07, 6.45) is 80.0. The average molecular weight is 1410 g/mol. The van der Waals surface area contributed by atoms with Gasteiger partial charge in [-0.2, -0.15) is 0 Å². The van der Waals surface area contributed by atoms with Crippen molar-refractivity contribution in [3.63, 3.8) is 0 Å². The molecule has 0 radical (unpaired) electrons. The maximum Gasteiger partial charge on any atom is 0.472 e. The van der Waals surface area contributed by atoms with E-state index in [4.69, 9.17) is 37.0 Å². The summed E-state index contributed by atoms with van der Waals surface area (Å²) in [4.78, 5) is 72.7. The maximum absolute atomic E-state index is 13.0. The van der Waals surface area contributed by atoms with Crippen LogP contribution >= 0.6 is 15.6 Å². The highest BCUT2D eigenvalue weighted by molar-refractivity contribution is 7.47. The number of allylic oxidation sites excluding steroid dienone is 25. The van der Waals surface area contributed by atoms with Gasteiger partial charge in [-0.1, -0.05) is 250 Å². The van der Waals surface area contributed by atoms with E-state index in [0.29, 0.717) is 32.1 Å². The molecule has 17 nitrogen and oxygen atoms in total. The molecule has 0 bridgehead atoms. The minimum atomic E-state index is -5.01. The van der Waals surface area contributed by atoms with Gasteiger partial charge >= 0.3 is 39.5 Å². The number of aliphatic hydroxyl groups is 1. The molecule has 5 atom stereocenters. The number of unbranched alkanes of at least 4 members (excludes halogenated alkanes) is 16. The van der Waals surface area contributed by atoms with Gasteiger partial charge in [0.1, 0.15) is 19.3 Å². The molecule has 0 heterocycles. The summed E-state index contributed by atoms with van der Waals surface area (Å²) >= 11 is 0. The van der Waals surface area contributed by atoms with Crippen molar-refractivity contribution >= 4 is 39.5 Å². The smallest absolute Gasteiger partial charge is 0.462 e. The van der Waals surface area contributed by atoms with Crippen molar-refractivity contribution < 1.29 is 80.2 Å². The second kappa shape index (κ2) is 70.1. The van der Waals surface area contributed by atoms with E-state index in [1.807, 2.05) is 24.3 Å². The van der Waals surface area contributed by atoms with Crippen molar-refractivity contribution in [1.82, 2.24) is 0 Å². The molecule has 98 heavy (non-hydrogen) atoms. The molecule has 0 amide bonds. The van der Waals surface area contributed by atoms with Crippen LogP contribution in [0.1, 0.15) is 259 Å². The van der Waals surface area contributed by atoms with Gasteiger partial charge in [-0.3, -0.25) is 37.3 Å². The molecule has 0 aromatic heterocycles. The third kappa shape index (κ3) is 69.2. The summed E-state index contributed by atoms with van der Waals surface area (Å²) in [5.41, 5.74) is 0. The van der Waals surface area contributed by atoms with Gasteiger partial charge < -0.3 is 33.8 Å². The summed E-state index contributed by atoms with van der Waals surface area (Å²) in [7, 11) is -10.00. The first kappa shape index (κ1) is 92.7. The van der Waals surface area contributed by atoms with E-state index in [2.05, 4.69) is 155 Å². The van der Waals surface area contributed by atoms with Gasteiger partial charge in [-0.15, -0.1) is 0 Å². The average Bonchev–Trinajstić information content (AvgIpc) is 0.982. The SMILES string of the molecule is CC/C=C\C/C=C\C/C=C\C/C=C\C/C=C\CC(=O)OCC(COP(=O)(O)OCC(O)COP(=O)(O)OCC(COC(=O)CCCCCCCCC/C=C\C/C=C\C/C=C\CC)OC(=O)CCCCCCC/C=C\CCCC)OC(=O)CCCC/C=C\C/C=C\C/C=C\C/C=C\CC. The van der Waals surface area contributed by atoms with E-state index in [-0.39, 0.29) is 25.7 Å². The Hall–Kier alpha value is -5.32. The Morgan fingerprint density at radius 2 is 0.571 bits per heavy atom. The van der Waals surface area contributed by atoms with Crippen molar-refractivity contribution in [3.05, 3.63) is 158 Å². The highest BCUT2D eigenvalue weighted by Crippen LogP contribution is 2.45. The second-order valence-electron chi connectivity index (χ2n) is 23.8. The van der Waals surface area contributed by atoms with Gasteiger partial charge in [-0.25, -0.2) is 9.13 Å². The number of carbonyl (C=O) groups is 4. The van der Waals surface area contributed by atoms with Crippen LogP contribution in [0.4, 0.5) is 0 Å². The lowest BCUT2D eigenvalue weighted by atomic mass is 10.1. The van der Waals surface area contributed by atoms with Crippen LogP contribution in [0.15, 0.2) is 158 Å². The van der Waals surface area contributed by atoms with Gasteiger partial charge in [0.25, 0.3) is 0 Å². The zero-order valence-electron chi connectivity index (χ0n) is 60.4. The van der Waals surface area contributed by atoms with E-state index in [1.54, 1.807) is 6.08 Å². The molecule has 556 valence electrons. The zero-order chi connectivity index (χ0) is 71.8. The Kier molecular flexibility index (Phi) is 66.3. The summed E-state index contributed by atoms with van der Waals surface area (Å²) in [6.45, 7) is 4.27. The topological polar surface area (TPSA) is 237 Å². The first-order chi connectivity index (χ1) is 47.7. The Balaban J connectivity index is 5.44. The monoisotopic (exact) mass is 1410 g/mol. The van der Waals surface area contributed by atoms with E-state index in [1.165, 1.54) is 12.8 Å². The standard InChI is InChI=1S/C79H128O17P2/c1-5-9-13-17-21-25-29-32-35-36-39-41-45-48-52-56-60-64-77(82)89-69-74(95-78(83)65-61-57-53-49-43-28-24-20-16-12-8-4)71-93-97(85,86)91-67-73(80)68-92-98(87,88)94-72-75(96-79(84)66-62-58-54-50-46-42-38-34-31-27-23-19-15-11-7-3)70-90-76(81)63-59-55-51-47-44-40-37-33-30-26-22-18-14-10-6-2/h9-11,13-15,20-27,32-35,37-38,44,46-47,50,55,59,73-75,80H,5-8,12,16-19,28-31,36,39-43,45,48-49,51-54,56-58,60-72H2,1-4H3,(H,85,86)(H,87,88)/b13-9-,14-10-,15-11-,24-20-,25-21-,26-22-,27-23-,35-32-,37-33-,38-34-,47-44-,50-46-,59-55-. The van der Waals surface area contributed by atoms with Crippen molar-refractivity contribution in [2.45, 2.75) is 277 Å². The van der Waals surface area contributed by atoms with Crippen molar-refractivity contribution in [1.29, 1.82) is 0 Å². The number of phosphoric ester groups is 2. The predicted octanol–water partition coefficient (Wildman–Crippen LogP) is 20.9. The normalized spacial score (nSPS) is 14.9. The molecule has 0 fully saturated rings. The van der Waals surface area contributed by atoms with Crippen LogP contribution in [-0.2, 0) is 65.4 Å². The van der Waals surface area contributed by atoms with Crippen LogP contribution in [0.2, 0.25) is 0 Å². The van der Waals surface area contributed by atoms with Crippen LogP contribution in [0.25, 0.3) is 0 Å². The van der Waals surface area contributed by atoms with Crippen LogP contribution < -0.4 is 0 Å². The van der Waals surface area contributed by atoms with Crippen LogP contribution in [0, 0.1) is 0 Å². The lowest BCUT2D eigenvalue weighted by molar-refractivity contribution is -0.161. The van der Waals surface area contributed by atoms with E-state index in [9.17, 15) is 43.2 Å². The largest absolute Gasteiger partial charge is 0.472 e. The Morgan fingerprint density at radius 1 is 0.306 bits per heavy atom. The van der Waals surface area contributed by atoms with Crippen LogP contribution in [0.3, 0.4) is 0 Å². The molecule has 0 spiro atoms. The molecule has 0 aliphatic rings. The van der Waals surface area contributed by atoms with Crippen molar-refractivity contribution in [3.8, 4) is 0 Å². The van der Waals surface area contributed by atoms with Gasteiger partial charge in [0, 0.05) is 19.3 Å². The molecule has 0 aromatic carbocycles. The minimum absolute atomic E-state index is 0.0178. The Bertz CT molecular complexity index is 2480. The quantitative estimate of drug-likeness (QED) is 0.0169. The summed E-state index contributed by atoms with van der Waals surface area (Å²) < 4.78 is 68.2. The zero-order valence-corrected chi connectivity index (χ0v) is 62.2. The maximum atomic E-state index is 13.0. The number of rotatable bonds is 67. The second-order valence-corrected chi connectivity index (χ2v) is 26.7. The fourth-order valence-electron chi connectivity index (χ4n) is 8.98. The highest BCUT2D eigenvalue weighted by Gasteiger charge is 2.30. The number of phosphoric acid groups is 2. The highest BCUT2D eigenvalue weighted by atomic mass is 31.2. The summed E-state index contributed by atoms with van der Waals surface area (Å²) in [5, 5.41) is 10.6. The fourth-order valence-corrected chi connectivity index (χ4v) is 10.6. The lowest BCUT2D eigenvalue weighted by Gasteiger charge is -2.21. The van der Waals surface area contributed by atoms with Gasteiger partial charge in [0.05, 0.1) is 32.8 Å². The molecular weight excluding hydrogens is 1280 g/mol.